The van der Waals surface area contributed by atoms with Crippen molar-refractivity contribution < 1.29 is 19.8 Å². The Morgan fingerprint density at radius 3 is 2.35 bits per heavy atom. The number of nitrogens with one attached hydrogen (secondary N) is 1. The Hall–Kier alpha value is -2.04. The van der Waals surface area contributed by atoms with Gasteiger partial charge in [0.05, 0.1) is 0 Å². The minimum atomic E-state index is -1.31. The molecule has 0 bridgehead atoms. The molecule has 0 unspecified atom stereocenters. The van der Waals surface area contributed by atoms with Gasteiger partial charge in [-0.05, 0) is 24.5 Å². The molecule has 17 heavy (non-hydrogen) atoms. The molecule has 92 valence electrons. The third-order valence-corrected chi connectivity index (χ3v) is 2.26. The van der Waals surface area contributed by atoms with E-state index in [0.29, 0.717) is 0 Å². The first-order valence-corrected chi connectivity index (χ1v) is 5.35. The van der Waals surface area contributed by atoms with Gasteiger partial charge in [-0.1, -0.05) is 18.2 Å². The van der Waals surface area contributed by atoms with Crippen LogP contribution in [-0.4, -0.2) is 28.7 Å². The lowest BCUT2D eigenvalue weighted by atomic mass is 10.0. The molecule has 1 aliphatic heterocycles. The summed E-state index contributed by atoms with van der Waals surface area (Å²) in [6.07, 6.45) is 1.71. The summed E-state index contributed by atoms with van der Waals surface area (Å²) in [5, 5.41) is 18.8. The second kappa shape index (κ2) is 6.52. The summed E-state index contributed by atoms with van der Waals surface area (Å²) in [6, 6.07) is 8.53. The van der Waals surface area contributed by atoms with Gasteiger partial charge in [0.1, 0.15) is 6.42 Å². The summed E-state index contributed by atoms with van der Waals surface area (Å²) in [4.78, 5) is 18.9. The highest BCUT2D eigenvalue weighted by Gasteiger charge is 2.04. The van der Waals surface area contributed by atoms with Gasteiger partial charge in [-0.2, -0.15) is 0 Å². The molecular weight excluding hydrogens is 222 g/mol. The Balaban J connectivity index is 0.000000185. The molecule has 1 aliphatic rings. The Kier molecular flexibility index (Phi) is 5.00. The van der Waals surface area contributed by atoms with Crippen LogP contribution < -0.4 is 5.32 Å². The number of aliphatic carboxylic acids is 2. The molecule has 1 aromatic carbocycles. The van der Waals surface area contributed by atoms with Gasteiger partial charge >= 0.3 is 11.9 Å². The number of para-hydroxylation sites is 1. The van der Waals surface area contributed by atoms with Gasteiger partial charge in [0.15, 0.2) is 0 Å². The van der Waals surface area contributed by atoms with Gasteiger partial charge in [-0.15, -0.1) is 0 Å². The van der Waals surface area contributed by atoms with E-state index in [2.05, 4.69) is 29.6 Å². The first-order valence-electron chi connectivity index (χ1n) is 5.35. The van der Waals surface area contributed by atoms with Crippen LogP contribution >= 0.6 is 0 Å². The fourth-order valence-electron chi connectivity index (χ4n) is 1.54. The van der Waals surface area contributed by atoms with Crippen LogP contribution in [0.15, 0.2) is 24.3 Å². The predicted molar refractivity (Wildman–Crippen MR) is 63.1 cm³/mol. The third kappa shape index (κ3) is 5.01. The van der Waals surface area contributed by atoms with Crippen molar-refractivity contribution in [3.05, 3.63) is 29.8 Å². The largest absolute Gasteiger partial charge is 0.481 e. The third-order valence-electron chi connectivity index (χ3n) is 2.26. The minimum Gasteiger partial charge on any atom is -0.481 e. The van der Waals surface area contributed by atoms with Gasteiger partial charge < -0.3 is 15.5 Å². The highest BCUT2D eigenvalue weighted by atomic mass is 16.4. The van der Waals surface area contributed by atoms with Crippen LogP contribution in [0.2, 0.25) is 0 Å². The highest BCUT2D eigenvalue weighted by Crippen LogP contribution is 2.20. The number of carboxylic acid groups (broad SMARTS) is 2. The number of carbonyl (C=O) groups is 2. The second-order valence-corrected chi connectivity index (χ2v) is 3.65. The smallest absolute Gasteiger partial charge is 0.314 e. The number of anilines is 1. The molecule has 5 nitrogen and oxygen atoms in total. The summed E-state index contributed by atoms with van der Waals surface area (Å²) in [5.74, 6) is -2.62. The van der Waals surface area contributed by atoms with Crippen LogP contribution in [0, 0.1) is 0 Å². The topological polar surface area (TPSA) is 86.6 Å². The van der Waals surface area contributed by atoms with Gasteiger partial charge in [0.25, 0.3) is 0 Å². The maximum absolute atomic E-state index is 9.43. The molecular formula is C12H15NO4. The van der Waals surface area contributed by atoms with Crippen LogP contribution in [0.5, 0.6) is 0 Å². The molecule has 1 aromatic rings. The average molecular weight is 237 g/mol. The fraction of sp³-hybridized carbons (Fsp3) is 0.333. The van der Waals surface area contributed by atoms with E-state index in [1.807, 2.05) is 0 Å². The molecule has 0 aliphatic carbocycles. The number of hydrogen-bond donors (Lipinski definition) is 3. The van der Waals surface area contributed by atoms with E-state index >= 15 is 0 Å². The van der Waals surface area contributed by atoms with Crippen LogP contribution in [0.3, 0.4) is 0 Å². The monoisotopic (exact) mass is 237 g/mol. The van der Waals surface area contributed by atoms with Crippen LogP contribution in [0.25, 0.3) is 0 Å². The van der Waals surface area contributed by atoms with E-state index in [1.165, 1.54) is 24.1 Å². The molecule has 0 saturated carbocycles. The second-order valence-electron chi connectivity index (χ2n) is 3.65. The lowest BCUT2D eigenvalue weighted by Gasteiger charge is -2.16. The highest BCUT2D eigenvalue weighted by molar-refractivity contribution is 5.88. The van der Waals surface area contributed by atoms with Crippen molar-refractivity contribution in [1.29, 1.82) is 0 Å². The molecule has 5 heteroatoms. The van der Waals surface area contributed by atoms with Crippen molar-refractivity contribution in [2.75, 3.05) is 11.9 Å². The Morgan fingerprint density at radius 2 is 1.82 bits per heavy atom. The van der Waals surface area contributed by atoms with Gasteiger partial charge in [0, 0.05) is 12.2 Å². The lowest BCUT2D eigenvalue weighted by Crippen LogP contribution is -2.10. The molecule has 0 saturated heterocycles. The lowest BCUT2D eigenvalue weighted by molar-refractivity contribution is -0.147. The zero-order valence-electron chi connectivity index (χ0n) is 9.35. The summed E-state index contributed by atoms with van der Waals surface area (Å²) in [6.45, 7) is 1.14. The summed E-state index contributed by atoms with van der Waals surface area (Å²) in [7, 11) is 0. The fourth-order valence-corrected chi connectivity index (χ4v) is 1.54. The number of rotatable bonds is 2. The molecule has 0 radical (unpaired) electrons. The van der Waals surface area contributed by atoms with E-state index in [4.69, 9.17) is 10.2 Å². The van der Waals surface area contributed by atoms with E-state index in [1.54, 1.807) is 0 Å². The van der Waals surface area contributed by atoms with Crippen LogP contribution in [0.4, 0.5) is 5.69 Å². The normalized spacial score (nSPS) is 12.5. The molecule has 0 fully saturated rings. The van der Waals surface area contributed by atoms with Crippen molar-refractivity contribution in [2.45, 2.75) is 19.3 Å². The SMILES string of the molecule is O=C(O)CC(=O)O.c1ccc2c(c1)CCCN2. The van der Waals surface area contributed by atoms with Crippen molar-refractivity contribution in [3.8, 4) is 0 Å². The van der Waals surface area contributed by atoms with Gasteiger partial charge in [0.2, 0.25) is 0 Å². The van der Waals surface area contributed by atoms with E-state index in [0.717, 1.165) is 6.54 Å². The number of benzene rings is 1. The van der Waals surface area contributed by atoms with Crippen LogP contribution in [0.1, 0.15) is 18.4 Å². The Bertz CT molecular complexity index is 366. The maximum Gasteiger partial charge on any atom is 0.314 e. The first kappa shape index (κ1) is 13.0. The van der Waals surface area contributed by atoms with Crippen molar-refractivity contribution in [3.63, 3.8) is 0 Å². The number of carboxylic acids is 2. The number of aryl methyl sites for hydroxylation is 1. The summed E-state index contributed by atoms with van der Waals surface area (Å²) < 4.78 is 0. The van der Waals surface area contributed by atoms with Gasteiger partial charge in [-0.25, -0.2) is 0 Å². The first-order chi connectivity index (χ1) is 8.09. The predicted octanol–water partition coefficient (Wildman–Crippen LogP) is 1.59. The standard InChI is InChI=1S/C9H11N.C3H4O4/c1-2-6-9-8(4-1)5-3-7-10-9;4-2(5)1-3(6)7/h1-2,4,6,10H,3,5,7H2;1H2,(H,4,5)(H,6,7). The van der Waals surface area contributed by atoms with Gasteiger partial charge in [-0.3, -0.25) is 9.59 Å². The zero-order chi connectivity index (χ0) is 12.7. The molecule has 0 amide bonds. The van der Waals surface area contributed by atoms with Crippen molar-refractivity contribution >= 4 is 17.6 Å². The Labute approximate surface area is 99.1 Å². The quantitative estimate of drug-likeness (QED) is 0.680. The maximum atomic E-state index is 9.43. The molecule has 1 heterocycles. The van der Waals surface area contributed by atoms with E-state index in [9.17, 15) is 9.59 Å². The van der Waals surface area contributed by atoms with E-state index < -0.39 is 18.4 Å². The Morgan fingerprint density at radius 1 is 1.18 bits per heavy atom. The molecule has 2 rings (SSSR count). The van der Waals surface area contributed by atoms with Crippen molar-refractivity contribution in [2.24, 2.45) is 0 Å². The van der Waals surface area contributed by atoms with Crippen molar-refractivity contribution in [1.82, 2.24) is 0 Å². The minimum absolute atomic E-state index is 0.806. The summed E-state index contributed by atoms with van der Waals surface area (Å²) >= 11 is 0. The van der Waals surface area contributed by atoms with E-state index in [-0.39, 0.29) is 0 Å². The average Bonchev–Trinajstić information content (AvgIpc) is 2.28. The molecule has 3 N–H and O–H groups in total. The zero-order valence-corrected chi connectivity index (χ0v) is 9.35. The molecule has 0 spiro atoms. The summed E-state index contributed by atoms with van der Waals surface area (Å²) in [5.41, 5.74) is 2.79. The number of fused-ring (bicyclic) bond motifs is 1. The molecule has 0 atom stereocenters. The number of hydrogen-bond acceptors (Lipinski definition) is 3. The molecule has 0 aromatic heterocycles. The van der Waals surface area contributed by atoms with Crippen LogP contribution in [-0.2, 0) is 16.0 Å².